The molecule has 3 nitrogen and oxygen atoms in total. The number of cyclic esters (lactones) is 1. The second-order valence-corrected chi connectivity index (χ2v) is 16.3. The van der Waals surface area contributed by atoms with Crippen LogP contribution in [-0.2, 0) is 9.53 Å². The van der Waals surface area contributed by atoms with Gasteiger partial charge in [0.2, 0.25) is 0 Å². The van der Waals surface area contributed by atoms with Crippen molar-refractivity contribution in [1.82, 2.24) is 0 Å². The largest absolute Gasteiger partial charge is 0.461 e. The van der Waals surface area contributed by atoms with Gasteiger partial charge in [-0.2, -0.15) is 0 Å². The smallest absolute Gasteiger partial charge is 0.313 e. The van der Waals surface area contributed by atoms with Crippen molar-refractivity contribution in [3.8, 4) is 0 Å². The van der Waals surface area contributed by atoms with Crippen LogP contribution in [0.25, 0.3) is 0 Å². The monoisotopic (exact) mass is 426 g/mol. The molecule has 0 aromatic rings. The number of esters is 1. The Morgan fingerprint density at radius 2 is 1.48 bits per heavy atom. The van der Waals surface area contributed by atoms with Gasteiger partial charge in [-0.05, 0) is 18.8 Å². The molecule has 1 aliphatic rings. The lowest BCUT2D eigenvalue weighted by molar-refractivity contribution is -0.186. The number of hydrogen-bond donors (Lipinski definition) is 1. The van der Waals surface area contributed by atoms with Crippen LogP contribution < -0.4 is 0 Å². The summed E-state index contributed by atoms with van der Waals surface area (Å²) in [6.45, 7) is 13.7. The molecule has 0 aliphatic carbocycles. The molecule has 0 saturated carbocycles. The molecule has 1 fully saturated rings. The molecule has 0 bridgehead atoms. The fraction of sp³-hybridized carbons (Fsp3) is 0.960. The minimum atomic E-state index is -1.74. The van der Waals surface area contributed by atoms with Crippen LogP contribution in [0, 0.1) is 5.92 Å². The molecule has 1 heterocycles. The average Bonchev–Trinajstić information content (AvgIpc) is 2.62. The summed E-state index contributed by atoms with van der Waals surface area (Å²) in [5, 5.41) is 10.3. The third-order valence-corrected chi connectivity index (χ3v) is 10.4. The van der Waals surface area contributed by atoms with E-state index in [2.05, 4.69) is 40.4 Å². The van der Waals surface area contributed by atoms with Gasteiger partial charge in [-0.15, -0.1) is 0 Å². The predicted octanol–water partition coefficient (Wildman–Crippen LogP) is 7.49. The molecule has 4 heteroatoms. The topological polar surface area (TPSA) is 46.5 Å². The van der Waals surface area contributed by atoms with E-state index in [0.717, 1.165) is 31.6 Å². The molecular formula is C25H50O3Si. The maximum absolute atomic E-state index is 12.7. The van der Waals surface area contributed by atoms with Gasteiger partial charge in [0.15, 0.2) is 0 Å². The number of carbonyl (C=O) groups is 1. The number of aliphatic hydroxyl groups excluding tert-OH is 1. The number of hydrogen-bond acceptors (Lipinski definition) is 3. The van der Waals surface area contributed by atoms with Gasteiger partial charge in [0, 0.05) is 6.42 Å². The standard InChI is InChI=1S/C25H50O3Si/c1-7-8-9-11-15-18-22(26)20-23-25(24(27)28-23,29(4,5)6)19-16-13-10-12-14-17-21(2)3/h21-23,26H,7-20H2,1-6H3/t22-,23-,25+/m0/s1. The zero-order valence-electron chi connectivity index (χ0n) is 20.4. The maximum atomic E-state index is 12.7. The first-order valence-electron chi connectivity index (χ1n) is 12.5. The van der Waals surface area contributed by atoms with Crippen LogP contribution >= 0.6 is 0 Å². The molecule has 0 radical (unpaired) electrons. The molecule has 1 aliphatic heterocycles. The molecule has 1 N–H and O–H groups in total. The molecular weight excluding hydrogens is 376 g/mol. The predicted molar refractivity (Wildman–Crippen MR) is 127 cm³/mol. The van der Waals surface area contributed by atoms with Crippen LogP contribution in [0.5, 0.6) is 0 Å². The Morgan fingerprint density at radius 1 is 0.931 bits per heavy atom. The third kappa shape index (κ3) is 8.36. The molecule has 0 unspecified atom stereocenters. The fourth-order valence-corrected chi connectivity index (χ4v) is 7.66. The number of aliphatic hydroxyl groups is 1. The summed E-state index contributed by atoms with van der Waals surface area (Å²) in [7, 11) is -1.74. The Kier molecular flexibility index (Phi) is 12.1. The van der Waals surface area contributed by atoms with Crippen molar-refractivity contribution >= 4 is 14.0 Å². The maximum Gasteiger partial charge on any atom is 0.313 e. The Bertz CT molecular complexity index is 457. The van der Waals surface area contributed by atoms with Gasteiger partial charge in [0.05, 0.1) is 19.2 Å². The zero-order valence-corrected chi connectivity index (χ0v) is 21.4. The van der Waals surface area contributed by atoms with Crippen molar-refractivity contribution in [2.75, 3.05) is 0 Å². The second kappa shape index (κ2) is 13.1. The average molecular weight is 427 g/mol. The van der Waals surface area contributed by atoms with E-state index in [1.807, 2.05) is 0 Å². The first-order chi connectivity index (χ1) is 13.6. The van der Waals surface area contributed by atoms with Gasteiger partial charge >= 0.3 is 5.97 Å². The third-order valence-electron chi connectivity index (χ3n) is 6.98. The van der Waals surface area contributed by atoms with Crippen molar-refractivity contribution in [2.45, 2.75) is 148 Å². The van der Waals surface area contributed by atoms with Crippen molar-refractivity contribution < 1.29 is 14.6 Å². The van der Waals surface area contributed by atoms with Crippen LogP contribution in [0.2, 0.25) is 24.7 Å². The molecule has 1 rings (SSSR count). The van der Waals surface area contributed by atoms with Crippen molar-refractivity contribution in [1.29, 1.82) is 0 Å². The summed E-state index contributed by atoms with van der Waals surface area (Å²) in [4.78, 5) is 12.7. The quantitative estimate of drug-likeness (QED) is 0.149. The van der Waals surface area contributed by atoms with E-state index in [9.17, 15) is 9.90 Å². The van der Waals surface area contributed by atoms with Crippen molar-refractivity contribution in [3.63, 3.8) is 0 Å². The van der Waals surface area contributed by atoms with Crippen LogP contribution in [0.1, 0.15) is 111 Å². The summed E-state index contributed by atoms with van der Waals surface area (Å²) < 4.78 is 5.65. The minimum absolute atomic E-state index is 0.0246. The Balaban J connectivity index is 2.48. The summed E-state index contributed by atoms with van der Waals surface area (Å²) in [6, 6.07) is 0. The lowest BCUT2D eigenvalue weighted by atomic mass is 9.85. The first-order valence-corrected chi connectivity index (χ1v) is 16.0. The van der Waals surface area contributed by atoms with Crippen LogP contribution in [0.15, 0.2) is 0 Å². The number of ether oxygens (including phenoxy) is 1. The molecule has 29 heavy (non-hydrogen) atoms. The molecule has 0 aromatic heterocycles. The summed E-state index contributed by atoms with van der Waals surface area (Å²) in [5.74, 6) is 0.824. The van der Waals surface area contributed by atoms with Gasteiger partial charge < -0.3 is 9.84 Å². The minimum Gasteiger partial charge on any atom is -0.461 e. The van der Waals surface area contributed by atoms with Gasteiger partial charge in [0.1, 0.15) is 6.10 Å². The fourth-order valence-electron chi connectivity index (χ4n) is 4.92. The summed E-state index contributed by atoms with van der Waals surface area (Å²) in [5.41, 5.74) is 0. The highest BCUT2D eigenvalue weighted by atomic mass is 28.3. The Hall–Kier alpha value is -0.353. The Morgan fingerprint density at radius 3 is 2.03 bits per heavy atom. The van der Waals surface area contributed by atoms with E-state index >= 15 is 0 Å². The van der Waals surface area contributed by atoms with Crippen LogP contribution in [0.3, 0.4) is 0 Å². The molecule has 3 atom stereocenters. The van der Waals surface area contributed by atoms with E-state index < -0.39 is 8.07 Å². The van der Waals surface area contributed by atoms with Crippen molar-refractivity contribution in [3.05, 3.63) is 0 Å². The van der Waals surface area contributed by atoms with Gasteiger partial charge in [0.25, 0.3) is 0 Å². The molecule has 0 spiro atoms. The lowest BCUT2D eigenvalue weighted by Gasteiger charge is -2.54. The normalized spacial score (nSPS) is 23.2. The summed E-state index contributed by atoms with van der Waals surface area (Å²) in [6.07, 6.45) is 15.7. The second-order valence-electron chi connectivity index (χ2n) is 10.9. The Labute approximate surface area is 182 Å². The zero-order chi connectivity index (χ0) is 21.9. The van der Waals surface area contributed by atoms with Gasteiger partial charge in [-0.3, -0.25) is 4.79 Å². The molecule has 0 amide bonds. The van der Waals surface area contributed by atoms with E-state index in [0.29, 0.717) is 6.42 Å². The van der Waals surface area contributed by atoms with Gasteiger partial charge in [-0.1, -0.05) is 111 Å². The SMILES string of the molecule is CCCCCCC[C@H](O)C[C@@H]1OC(=O)[C@]1(CCCCCCCC(C)C)[Si](C)(C)C. The van der Waals surface area contributed by atoms with E-state index in [1.54, 1.807) is 0 Å². The number of rotatable bonds is 17. The van der Waals surface area contributed by atoms with Gasteiger partial charge in [-0.25, -0.2) is 0 Å². The van der Waals surface area contributed by atoms with E-state index in [1.165, 1.54) is 57.8 Å². The van der Waals surface area contributed by atoms with Crippen LogP contribution in [0.4, 0.5) is 0 Å². The lowest BCUT2D eigenvalue weighted by Crippen LogP contribution is -2.63. The molecule has 172 valence electrons. The number of unbranched alkanes of at least 4 members (excludes halogenated alkanes) is 8. The van der Waals surface area contributed by atoms with Crippen molar-refractivity contribution in [2.24, 2.45) is 5.92 Å². The first kappa shape index (κ1) is 26.7. The molecule has 1 saturated heterocycles. The highest BCUT2D eigenvalue weighted by molar-refractivity contribution is 6.83. The highest BCUT2D eigenvalue weighted by Gasteiger charge is 2.64. The molecule has 0 aromatic carbocycles. The number of carbonyl (C=O) groups excluding carboxylic acids is 1. The summed E-state index contributed by atoms with van der Waals surface area (Å²) >= 11 is 0. The highest BCUT2D eigenvalue weighted by Crippen LogP contribution is 2.56. The van der Waals surface area contributed by atoms with E-state index in [4.69, 9.17) is 4.74 Å². The van der Waals surface area contributed by atoms with Crippen LogP contribution in [-0.4, -0.2) is 31.4 Å². The van der Waals surface area contributed by atoms with E-state index in [-0.39, 0.29) is 23.2 Å².